The maximum Gasteiger partial charge on any atom is 0.322 e. The molecule has 21 heavy (non-hydrogen) atoms. The molecule has 3 amide bonds. The lowest BCUT2D eigenvalue weighted by Gasteiger charge is -2.20. The summed E-state index contributed by atoms with van der Waals surface area (Å²) >= 11 is 0. The summed E-state index contributed by atoms with van der Waals surface area (Å²) in [6.07, 6.45) is -0.112. The zero-order valence-electron chi connectivity index (χ0n) is 12.0. The van der Waals surface area contributed by atoms with Crippen LogP contribution in [-0.4, -0.2) is 48.1 Å². The minimum Gasteiger partial charge on any atom is -0.481 e. The maximum absolute atomic E-state index is 12.0. The fourth-order valence-electron chi connectivity index (χ4n) is 1.72. The highest BCUT2D eigenvalue weighted by Gasteiger charge is 2.15. The van der Waals surface area contributed by atoms with Gasteiger partial charge in [-0.25, -0.2) is 4.79 Å². The van der Waals surface area contributed by atoms with Gasteiger partial charge in [-0.2, -0.15) is 0 Å². The second-order valence-corrected chi connectivity index (χ2v) is 4.39. The van der Waals surface area contributed by atoms with Crippen molar-refractivity contribution in [2.75, 3.05) is 25.5 Å². The minimum atomic E-state index is -0.937. The molecule has 0 aliphatic heterocycles. The standard InChI is InChI=1S/C14H19N3O4/c1-3-17(9-12(18)15-2)14(21)16-11-6-4-5-10(7-11)8-13(19)20/h4-7H,3,8-9H2,1-2H3,(H,15,18)(H,16,21)(H,19,20). The maximum atomic E-state index is 12.0. The number of carbonyl (C=O) groups is 3. The van der Waals surface area contributed by atoms with Crippen LogP contribution in [0.1, 0.15) is 12.5 Å². The molecule has 114 valence electrons. The van der Waals surface area contributed by atoms with Crippen molar-refractivity contribution in [3.63, 3.8) is 0 Å². The zero-order valence-corrected chi connectivity index (χ0v) is 12.0. The molecule has 0 atom stereocenters. The Balaban J connectivity index is 2.72. The van der Waals surface area contributed by atoms with E-state index >= 15 is 0 Å². The van der Waals surface area contributed by atoms with Crippen LogP contribution in [0.5, 0.6) is 0 Å². The second-order valence-electron chi connectivity index (χ2n) is 4.39. The molecule has 0 aliphatic rings. The van der Waals surface area contributed by atoms with Crippen molar-refractivity contribution in [1.82, 2.24) is 10.2 Å². The van der Waals surface area contributed by atoms with Gasteiger partial charge < -0.3 is 20.6 Å². The molecule has 0 fully saturated rings. The summed E-state index contributed by atoms with van der Waals surface area (Å²) in [5.41, 5.74) is 1.09. The molecule has 0 aromatic heterocycles. The highest BCUT2D eigenvalue weighted by Crippen LogP contribution is 2.12. The zero-order chi connectivity index (χ0) is 15.8. The molecule has 1 rings (SSSR count). The first-order valence-electron chi connectivity index (χ1n) is 6.53. The van der Waals surface area contributed by atoms with Crippen LogP contribution in [0.15, 0.2) is 24.3 Å². The number of aliphatic carboxylic acids is 1. The summed E-state index contributed by atoms with van der Waals surface area (Å²) in [7, 11) is 1.50. The number of hydrogen-bond acceptors (Lipinski definition) is 3. The van der Waals surface area contributed by atoms with Gasteiger partial charge in [-0.15, -0.1) is 0 Å². The quantitative estimate of drug-likeness (QED) is 0.726. The Morgan fingerprint density at radius 2 is 2.00 bits per heavy atom. The van der Waals surface area contributed by atoms with Gasteiger partial charge in [0.05, 0.1) is 6.42 Å². The van der Waals surface area contributed by atoms with E-state index in [4.69, 9.17) is 5.11 Å². The molecule has 1 aromatic carbocycles. The molecule has 7 heteroatoms. The first kappa shape index (κ1) is 16.5. The molecular formula is C14H19N3O4. The van der Waals surface area contributed by atoms with E-state index in [0.717, 1.165) is 0 Å². The summed E-state index contributed by atoms with van der Waals surface area (Å²) in [6.45, 7) is 2.12. The number of carboxylic acid groups (broad SMARTS) is 1. The molecule has 0 saturated carbocycles. The van der Waals surface area contributed by atoms with Gasteiger partial charge in [0.15, 0.2) is 0 Å². The fraction of sp³-hybridized carbons (Fsp3) is 0.357. The van der Waals surface area contributed by atoms with Crippen molar-refractivity contribution < 1.29 is 19.5 Å². The Kier molecular flexibility index (Phi) is 6.19. The molecule has 0 spiro atoms. The van der Waals surface area contributed by atoms with Crippen LogP contribution in [0.3, 0.4) is 0 Å². The fourth-order valence-corrected chi connectivity index (χ4v) is 1.72. The van der Waals surface area contributed by atoms with Crippen LogP contribution in [0, 0.1) is 0 Å². The lowest BCUT2D eigenvalue weighted by Crippen LogP contribution is -2.41. The van der Waals surface area contributed by atoms with Gasteiger partial charge in [0.1, 0.15) is 6.54 Å². The predicted octanol–water partition coefficient (Wildman–Crippen LogP) is 0.913. The molecule has 0 radical (unpaired) electrons. The van der Waals surface area contributed by atoms with Crippen molar-refractivity contribution in [2.45, 2.75) is 13.3 Å². The van der Waals surface area contributed by atoms with Crippen LogP contribution in [0.25, 0.3) is 0 Å². The van der Waals surface area contributed by atoms with Crippen molar-refractivity contribution in [3.8, 4) is 0 Å². The van der Waals surface area contributed by atoms with Crippen LogP contribution in [-0.2, 0) is 16.0 Å². The number of rotatable bonds is 6. The van der Waals surface area contributed by atoms with Gasteiger partial charge in [0, 0.05) is 19.3 Å². The molecule has 0 heterocycles. The van der Waals surface area contributed by atoms with E-state index in [1.54, 1.807) is 31.2 Å². The molecule has 0 unspecified atom stereocenters. The van der Waals surface area contributed by atoms with Crippen LogP contribution >= 0.6 is 0 Å². The van der Waals surface area contributed by atoms with Gasteiger partial charge in [-0.1, -0.05) is 12.1 Å². The monoisotopic (exact) mass is 293 g/mol. The lowest BCUT2D eigenvalue weighted by molar-refractivity contribution is -0.136. The molecule has 0 bridgehead atoms. The number of amides is 3. The summed E-state index contributed by atoms with van der Waals surface area (Å²) in [4.78, 5) is 35.4. The van der Waals surface area contributed by atoms with Gasteiger partial charge in [-0.3, -0.25) is 9.59 Å². The SMILES string of the molecule is CCN(CC(=O)NC)C(=O)Nc1cccc(CC(=O)O)c1. The molecule has 1 aromatic rings. The average Bonchev–Trinajstić information content (AvgIpc) is 2.43. The lowest BCUT2D eigenvalue weighted by atomic mass is 10.1. The van der Waals surface area contributed by atoms with Gasteiger partial charge in [0.25, 0.3) is 0 Å². The van der Waals surface area contributed by atoms with Crippen LogP contribution in [0.4, 0.5) is 10.5 Å². The Bertz CT molecular complexity index is 531. The number of nitrogens with one attached hydrogen (secondary N) is 2. The third-order valence-electron chi connectivity index (χ3n) is 2.82. The summed E-state index contributed by atoms with van der Waals surface area (Å²) in [5, 5.41) is 13.9. The van der Waals surface area contributed by atoms with Crippen molar-refractivity contribution in [2.24, 2.45) is 0 Å². The Morgan fingerprint density at radius 3 is 2.57 bits per heavy atom. The van der Waals surface area contributed by atoms with E-state index in [9.17, 15) is 14.4 Å². The number of nitrogens with zero attached hydrogens (tertiary/aromatic N) is 1. The molecule has 7 nitrogen and oxygen atoms in total. The number of likely N-dealkylation sites (N-methyl/N-ethyl adjacent to an activating group) is 2. The number of hydrogen-bond donors (Lipinski definition) is 3. The summed E-state index contributed by atoms with van der Waals surface area (Å²) < 4.78 is 0. The van der Waals surface area contributed by atoms with E-state index in [1.807, 2.05) is 0 Å². The number of anilines is 1. The van der Waals surface area contributed by atoms with Crippen LogP contribution < -0.4 is 10.6 Å². The van der Waals surface area contributed by atoms with E-state index < -0.39 is 12.0 Å². The van der Waals surface area contributed by atoms with Gasteiger partial charge in [-0.05, 0) is 24.6 Å². The Hall–Kier alpha value is -2.57. The number of benzene rings is 1. The van der Waals surface area contributed by atoms with Gasteiger partial charge >= 0.3 is 12.0 Å². The molecule has 0 aliphatic carbocycles. The smallest absolute Gasteiger partial charge is 0.322 e. The third kappa shape index (κ3) is 5.52. The van der Waals surface area contributed by atoms with E-state index in [1.165, 1.54) is 11.9 Å². The summed E-state index contributed by atoms with van der Waals surface area (Å²) in [6, 6.07) is 6.19. The van der Waals surface area contributed by atoms with E-state index in [2.05, 4.69) is 10.6 Å². The topological polar surface area (TPSA) is 98.7 Å². The normalized spacial score (nSPS) is 9.81. The first-order chi connectivity index (χ1) is 9.96. The molecule has 3 N–H and O–H groups in total. The molecular weight excluding hydrogens is 274 g/mol. The van der Waals surface area contributed by atoms with Gasteiger partial charge in [0.2, 0.25) is 5.91 Å². The summed E-state index contributed by atoms with van der Waals surface area (Å²) in [5.74, 6) is -1.19. The Morgan fingerprint density at radius 1 is 1.29 bits per heavy atom. The van der Waals surface area contributed by atoms with Crippen molar-refractivity contribution in [3.05, 3.63) is 29.8 Å². The number of carbonyl (C=O) groups excluding carboxylic acids is 2. The predicted molar refractivity (Wildman–Crippen MR) is 78.1 cm³/mol. The Labute approximate surface area is 122 Å². The highest BCUT2D eigenvalue weighted by atomic mass is 16.4. The molecule has 0 saturated heterocycles. The largest absolute Gasteiger partial charge is 0.481 e. The van der Waals surface area contributed by atoms with Crippen molar-refractivity contribution in [1.29, 1.82) is 0 Å². The second kappa shape index (κ2) is 7.88. The number of urea groups is 1. The number of carboxylic acids is 1. The third-order valence-corrected chi connectivity index (χ3v) is 2.82. The van der Waals surface area contributed by atoms with Crippen molar-refractivity contribution >= 4 is 23.6 Å². The average molecular weight is 293 g/mol. The first-order valence-corrected chi connectivity index (χ1v) is 6.53. The van der Waals surface area contributed by atoms with E-state index in [-0.39, 0.29) is 18.9 Å². The minimum absolute atomic E-state index is 0.0341. The van der Waals surface area contributed by atoms with Crippen LogP contribution in [0.2, 0.25) is 0 Å². The highest BCUT2D eigenvalue weighted by molar-refractivity contribution is 5.92. The van der Waals surface area contributed by atoms with E-state index in [0.29, 0.717) is 17.8 Å².